The second-order valence-electron chi connectivity index (χ2n) is 6.45. The highest BCUT2D eigenvalue weighted by molar-refractivity contribution is 7.88. The van der Waals surface area contributed by atoms with Gasteiger partial charge in [-0.15, -0.1) is 0 Å². The molecule has 0 aromatic heterocycles. The van der Waals surface area contributed by atoms with E-state index in [1.54, 1.807) is 4.31 Å². The Morgan fingerprint density at radius 3 is 1.95 bits per heavy atom. The van der Waals surface area contributed by atoms with Crippen LogP contribution >= 0.6 is 0 Å². The Kier molecular flexibility index (Phi) is 6.02. The second kappa shape index (κ2) is 7.37. The summed E-state index contributed by atoms with van der Waals surface area (Å²) in [5.41, 5.74) is 5.81. The molecule has 0 aromatic carbocycles. The predicted molar refractivity (Wildman–Crippen MR) is 85.7 cm³/mol. The average molecular weight is 318 g/mol. The molecule has 2 aliphatic heterocycles. The summed E-state index contributed by atoms with van der Waals surface area (Å²) in [7, 11) is -0.861. The van der Waals surface area contributed by atoms with Gasteiger partial charge in [0.15, 0.2) is 0 Å². The molecule has 0 atom stereocenters. The van der Waals surface area contributed by atoms with E-state index in [4.69, 9.17) is 5.73 Å². The highest BCUT2D eigenvalue weighted by Crippen LogP contribution is 2.24. The van der Waals surface area contributed by atoms with E-state index in [0.29, 0.717) is 31.7 Å². The van der Waals surface area contributed by atoms with E-state index < -0.39 is 10.0 Å². The zero-order valence-corrected chi connectivity index (χ0v) is 14.2. The van der Waals surface area contributed by atoms with Crippen LogP contribution in [0.3, 0.4) is 0 Å². The summed E-state index contributed by atoms with van der Waals surface area (Å²) in [6.07, 6.45) is 5.56. The Balaban J connectivity index is 1.93. The first-order valence-electron chi connectivity index (χ1n) is 8.01. The van der Waals surface area contributed by atoms with Crippen LogP contribution in [0.2, 0.25) is 0 Å². The van der Waals surface area contributed by atoms with E-state index in [9.17, 15) is 8.42 Å². The lowest BCUT2D eigenvalue weighted by molar-refractivity contribution is 0.0603. The third-order valence-electron chi connectivity index (χ3n) is 4.91. The van der Waals surface area contributed by atoms with Crippen molar-refractivity contribution >= 4 is 10.0 Å². The minimum absolute atomic E-state index is 0.486. The molecule has 0 radical (unpaired) electrons. The van der Waals surface area contributed by atoms with E-state index in [1.165, 1.54) is 19.1 Å². The first-order valence-corrected chi connectivity index (χ1v) is 9.86. The van der Waals surface area contributed by atoms with Gasteiger partial charge in [0, 0.05) is 38.3 Å². The summed E-state index contributed by atoms with van der Waals surface area (Å²) in [6, 6.07) is 1.10. The normalized spacial score (nSPS) is 24.8. The van der Waals surface area contributed by atoms with Crippen LogP contribution in [0.4, 0.5) is 0 Å². The molecule has 0 amide bonds. The lowest BCUT2D eigenvalue weighted by atomic mass is 9.97. The molecule has 0 aliphatic carbocycles. The van der Waals surface area contributed by atoms with Gasteiger partial charge in [-0.2, -0.15) is 0 Å². The number of sulfonamides is 1. The van der Waals surface area contributed by atoms with Crippen molar-refractivity contribution < 1.29 is 8.42 Å². The molecule has 2 rings (SSSR count). The zero-order chi connectivity index (χ0) is 15.5. The number of piperidine rings is 2. The number of rotatable bonds is 5. The number of hydrogen-bond acceptors (Lipinski definition) is 5. The van der Waals surface area contributed by atoms with E-state index in [0.717, 1.165) is 32.5 Å². The minimum atomic E-state index is -3.04. The standard InChI is InChI=1S/C14H30N4O2S/c1-16-8-3-13(4-9-16)18(12-7-15)14-5-10-17(11-6-14)21(2,19)20/h13-14H,3-12,15H2,1-2H3. The molecule has 0 saturated carbocycles. The second-order valence-corrected chi connectivity index (χ2v) is 8.44. The van der Waals surface area contributed by atoms with E-state index in [-0.39, 0.29) is 0 Å². The summed E-state index contributed by atoms with van der Waals surface area (Å²) in [6.45, 7) is 5.20. The smallest absolute Gasteiger partial charge is 0.211 e. The molecule has 7 heteroatoms. The molecule has 2 fully saturated rings. The molecule has 0 unspecified atom stereocenters. The summed E-state index contributed by atoms with van der Waals surface area (Å²) in [4.78, 5) is 4.94. The van der Waals surface area contributed by atoms with Crippen molar-refractivity contribution in [3.63, 3.8) is 0 Å². The van der Waals surface area contributed by atoms with Crippen molar-refractivity contribution in [2.24, 2.45) is 5.73 Å². The topological polar surface area (TPSA) is 69.9 Å². The molecule has 0 aromatic rings. The molecular weight excluding hydrogens is 288 g/mol. The maximum atomic E-state index is 11.6. The monoisotopic (exact) mass is 318 g/mol. The molecule has 6 nitrogen and oxygen atoms in total. The van der Waals surface area contributed by atoms with Gasteiger partial charge in [0.05, 0.1) is 6.26 Å². The fourth-order valence-corrected chi connectivity index (χ4v) is 4.52. The van der Waals surface area contributed by atoms with Crippen molar-refractivity contribution in [3.05, 3.63) is 0 Å². The van der Waals surface area contributed by atoms with Gasteiger partial charge in [0.25, 0.3) is 0 Å². The van der Waals surface area contributed by atoms with Crippen molar-refractivity contribution in [3.8, 4) is 0 Å². The summed E-state index contributed by atoms with van der Waals surface area (Å²) >= 11 is 0. The van der Waals surface area contributed by atoms with Gasteiger partial charge in [-0.05, 0) is 45.8 Å². The van der Waals surface area contributed by atoms with Gasteiger partial charge < -0.3 is 10.6 Å². The quantitative estimate of drug-likeness (QED) is 0.758. The largest absolute Gasteiger partial charge is 0.329 e. The Morgan fingerprint density at radius 2 is 1.52 bits per heavy atom. The van der Waals surface area contributed by atoms with Gasteiger partial charge in [0.2, 0.25) is 10.0 Å². The average Bonchev–Trinajstić information content (AvgIpc) is 2.45. The van der Waals surface area contributed by atoms with E-state index in [2.05, 4.69) is 16.8 Å². The highest BCUT2D eigenvalue weighted by atomic mass is 32.2. The maximum Gasteiger partial charge on any atom is 0.211 e. The van der Waals surface area contributed by atoms with Crippen molar-refractivity contribution in [2.75, 3.05) is 52.6 Å². The third-order valence-corrected chi connectivity index (χ3v) is 6.21. The van der Waals surface area contributed by atoms with E-state index in [1.807, 2.05) is 0 Å². The van der Waals surface area contributed by atoms with Crippen LogP contribution in [0.1, 0.15) is 25.7 Å². The number of hydrogen-bond donors (Lipinski definition) is 1. The van der Waals surface area contributed by atoms with Crippen molar-refractivity contribution in [1.29, 1.82) is 0 Å². The number of nitrogens with two attached hydrogens (primary N) is 1. The Morgan fingerprint density at radius 1 is 1.05 bits per heavy atom. The molecular formula is C14H30N4O2S. The van der Waals surface area contributed by atoms with Gasteiger partial charge >= 0.3 is 0 Å². The Bertz CT molecular complexity index is 413. The van der Waals surface area contributed by atoms with Gasteiger partial charge in [0.1, 0.15) is 0 Å². The molecule has 21 heavy (non-hydrogen) atoms. The maximum absolute atomic E-state index is 11.6. The first kappa shape index (κ1) is 17.1. The molecule has 0 bridgehead atoms. The van der Waals surface area contributed by atoms with Crippen LogP contribution in [-0.4, -0.2) is 87.2 Å². The van der Waals surface area contributed by atoms with Crippen LogP contribution in [0.25, 0.3) is 0 Å². The summed E-state index contributed by atoms with van der Waals surface area (Å²) in [5, 5.41) is 0. The molecule has 2 saturated heterocycles. The van der Waals surface area contributed by atoms with Gasteiger partial charge in [-0.1, -0.05) is 0 Å². The lowest BCUT2D eigenvalue weighted by Crippen LogP contribution is -2.53. The van der Waals surface area contributed by atoms with E-state index >= 15 is 0 Å². The minimum Gasteiger partial charge on any atom is -0.329 e. The number of nitrogens with zero attached hydrogens (tertiary/aromatic N) is 3. The summed E-state index contributed by atoms with van der Waals surface area (Å²) in [5.74, 6) is 0. The van der Waals surface area contributed by atoms with Gasteiger partial charge in [-0.25, -0.2) is 12.7 Å². The fourth-order valence-electron chi connectivity index (χ4n) is 3.64. The van der Waals surface area contributed by atoms with Crippen LogP contribution in [0.15, 0.2) is 0 Å². The molecule has 2 N–H and O–H groups in total. The molecule has 2 heterocycles. The fraction of sp³-hybridized carbons (Fsp3) is 1.00. The lowest BCUT2D eigenvalue weighted by Gasteiger charge is -2.44. The van der Waals surface area contributed by atoms with Crippen LogP contribution < -0.4 is 5.73 Å². The predicted octanol–water partition coefficient (Wildman–Crippen LogP) is -0.235. The Labute approximate surface area is 129 Å². The highest BCUT2D eigenvalue weighted by Gasteiger charge is 2.32. The SMILES string of the molecule is CN1CCC(N(CCN)C2CCN(S(C)(=O)=O)CC2)CC1. The summed E-state index contributed by atoms with van der Waals surface area (Å²) < 4.78 is 24.8. The molecule has 0 spiro atoms. The van der Waals surface area contributed by atoms with Crippen LogP contribution in [0, 0.1) is 0 Å². The van der Waals surface area contributed by atoms with Crippen molar-refractivity contribution in [2.45, 2.75) is 37.8 Å². The van der Waals surface area contributed by atoms with Crippen LogP contribution in [-0.2, 0) is 10.0 Å². The van der Waals surface area contributed by atoms with Crippen molar-refractivity contribution in [1.82, 2.24) is 14.1 Å². The first-order chi connectivity index (χ1) is 9.91. The zero-order valence-electron chi connectivity index (χ0n) is 13.4. The Hall–Kier alpha value is -0.210. The molecule has 2 aliphatic rings. The third kappa shape index (κ3) is 4.63. The van der Waals surface area contributed by atoms with Gasteiger partial charge in [-0.3, -0.25) is 4.90 Å². The van der Waals surface area contributed by atoms with Crippen LogP contribution in [0.5, 0.6) is 0 Å². The number of likely N-dealkylation sites (tertiary alicyclic amines) is 1. The molecule has 124 valence electrons.